The van der Waals surface area contributed by atoms with Crippen LogP contribution in [-0.4, -0.2) is 5.97 Å². The molecular weight excluding hydrogens is 332 g/mol. The molecule has 2 aromatic rings. The van der Waals surface area contributed by atoms with Crippen molar-refractivity contribution in [3.8, 4) is 16.9 Å². The number of benzene rings is 2. The fraction of sp³-hybridized carbons (Fsp3) is 0.480. The van der Waals surface area contributed by atoms with E-state index in [0.29, 0.717) is 5.75 Å². The van der Waals surface area contributed by atoms with Gasteiger partial charge in [-0.1, -0.05) is 75.8 Å². The molecule has 0 N–H and O–H groups in total. The van der Waals surface area contributed by atoms with Gasteiger partial charge in [-0.2, -0.15) is 0 Å². The summed E-state index contributed by atoms with van der Waals surface area (Å²) in [5.41, 5.74) is 5.48. The van der Waals surface area contributed by atoms with E-state index in [1.54, 1.807) is 5.56 Å². The Hall–Kier alpha value is -2.09. The monoisotopic (exact) mass is 364 g/mol. The van der Waals surface area contributed by atoms with E-state index in [2.05, 4.69) is 25.1 Å². The lowest BCUT2D eigenvalue weighted by molar-refractivity contribution is -0.131. The highest BCUT2D eigenvalue weighted by Crippen LogP contribution is 2.32. The summed E-state index contributed by atoms with van der Waals surface area (Å²) in [5, 5.41) is 0. The van der Waals surface area contributed by atoms with Gasteiger partial charge in [-0.05, 0) is 59.6 Å². The van der Waals surface area contributed by atoms with E-state index in [1.807, 2.05) is 24.3 Å². The number of unbranched alkanes of at least 4 members (excludes halogenated alkanes) is 4. The molecule has 0 saturated heterocycles. The topological polar surface area (TPSA) is 26.3 Å². The highest BCUT2D eigenvalue weighted by atomic mass is 16.5. The second-order valence-corrected chi connectivity index (χ2v) is 7.91. The third kappa shape index (κ3) is 5.69. The van der Waals surface area contributed by atoms with Gasteiger partial charge >= 0.3 is 5.97 Å². The van der Waals surface area contributed by atoms with Gasteiger partial charge in [-0.3, -0.25) is 4.79 Å². The van der Waals surface area contributed by atoms with Crippen molar-refractivity contribution in [3.63, 3.8) is 0 Å². The fourth-order valence-corrected chi connectivity index (χ4v) is 4.17. The smallest absolute Gasteiger partial charge is 0.308 e. The number of hydrogen-bond acceptors (Lipinski definition) is 2. The molecule has 1 aliphatic rings. The molecule has 0 aliphatic heterocycles. The van der Waals surface area contributed by atoms with Gasteiger partial charge in [0, 0.05) is 6.92 Å². The summed E-state index contributed by atoms with van der Waals surface area (Å²) in [6, 6.07) is 14.7. The summed E-state index contributed by atoms with van der Waals surface area (Å²) in [7, 11) is 0. The first kappa shape index (κ1) is 19.7. The third-order valence-corrected chi connectivity index (χ3v) is 5.70. The molecule has 2 aromatic carbocycles. The van der Waals surface area contributed by atoms with E-state index in [0.717, 1.165) is 5.92 Å². The minimum Gasteiger partial charge on any atom is -0.427 e. The largest absolute Gasteiger partial charge is 0.427 e. The van der Waals surface area contributed by atoms with Crippen LogP contribution in [0.4, 0.5) is 0 Å². The Kier molecular flexibility index (Phi) is 7.09. The average molecular weight is 365 g/mol. The molecule has 3 rings (SSSR count). The van der Waals surface area contributed by atoms with E-state index < -0.39 is 0 Å². The Morgan fingerprint density at radius 3 is 2.44 bits per heavy atom. The zero-order valence-electron chi connectivity index (χ0n) is 16.8. The summed E-state index contributed by atoms with van der Waals surface area (Å²) in [6.07, 6.45) is 12.1. The van der Waals surface area contributed by atoms with E-state index >= 15 is 0 Å². The molecule has 0 amide bonds. The number of ether oxygens (including phenoxy) is 1. The number of esters is 1. The molecule has 1 aliphatic carbocycles. The van der Waals surface area contributed by atoms with Crippen LogP contribution in [0.5, 0.6) is 5.75 Å². The van der Waals surface area contributed by atoms with Gasteiger partial charge in [0.2, 0.25) is 0 Å². The Balaban J connectivity index is 1.59. The zero-order chi connectivity index (χ0) is 19.1. The SMILES string of the molecule is CCCCCCCC1CCc2cc(-c3ccc(OC(C)=O)cc3)ccc2C1. The second-order valence-electron chi connectivity index (χ2n) is 7.91. The van der Waals surface area contributed by atoms with Crippen LogP contribution in [-0.2, 0) is 17.6 Å². The maximum atomic E-state index is 11.0. The lowest BCUT2D eigenvalue weighted by Crippen LogP contribution is -2.14. The van der Waals surface area contributed by atoms with E-state index in [4.69, 9.17) is 4.74 Å². The van der Waals surface area contributed by atoms with Crippen molar-refractivity contribution >= 4 is 5.97 Å². The fourth-order valence-electron chi connectivity index (χ4n) is 4.17. The molecule has 2 nitrogen and oxygen atoms in total. The minimum absolute atomic E-state index is 0.281. The van der Waals surface area contributed by atoms with Gasteiger partial charge in [0.1, 0.15) is 5.75 Å². The Morgan fingerprint density at radius 1 is 0.963 bits per heavy atom. The number of hydrogen-bond donors (Lipinski definition) is 0. The van der Waals surface area contributed by atoms with Gasteiger partial charge in [-0.25, -0.2) is 0 Å². The predicted molar refractivity (Wildman–Crippen MR) is 112 cm³/mol. The van der Waals surface area contributed by atoms with Crippen molar-refractivity contribution in [3.05, 3.63) is 53.6 Å². The molecule has 0 radical (unpaired) electrons. The molecule has 0 bridgehead atoms. The van der Waals surface area contributed by atoms with Crippen LogP contribution in [0.3, 0.4) is 0 Å². The molecule has 1 unspecified atom stereocenters. The summed E-state index contributed by atoms with van der Waals surface area (Å²) < 4.78 is 5.12. The number of rotatable bonds is 8. The first-order valence-electron chi connectivity index (χ1n) is 10.6. The zero-order valence-corrected chi connectivity index (χ0v) is 16.8. The molecule has 0 saturated carbocycles. The van der Waals surface area contributed by atoms with Crippen LogP contribution in [0.1, 0.15) is 69.9 Å². The Morgan fingerprint density at radius 2 is 1.70 bits per heavy atom. The maximum Gasteiger partial charge on any atom is 0.308 e. The highest BCUT2D eigenvalue weighted by Gasteiger charge is 2.18. The predicted octanol–water partition coefficient (Wildman–Crippen LogP) is 6.74. The van der Waals surface area contributed by atoms with Crippen LogP contribution >= 0.6 is 0 Å². The van der Waals surface area contributed by atoms with Crippen molar-refractivity contribution < 1.29 is 9.53 Å². The number of carbonyl (C=O) groups is 1. The van der Waals surface area contributed by atoms with Crippen LogP contribution in [0.2, 0.25) is 0 Å². The summed E-state index contributed by atoms with van der Waals surface area (Å²) in [6.45, 7) is 3.70. The number of fused-ring (bicyclic) bond motifs is 1. The number of carbonyl (C=O) groups excluding carboxylic acids is 1. The van der Waals surface area contributed by atoms with E-state index in [9.17, 15) is 4.79 Å². The molecule has 0 spiro atoms. The van der Waals surface area contributed by atoms with Gasteiger partial charge in [0.15, 0.2) is 0 Å². The van der Waals surface area contributed by atoms with Gasteiger partial charge in [-0.15, -0.1) is 0 Å². The highest BCUT2D eigenvalue weighted by molar-refractivity contribution is 5.70. The average Bonchev–Trinajstić information content (AvgIpc) is 2.67. The molecule has 0 heterocycles. The molecule has 1 atom stereocenters. The molecule has 0 fully saturated rings. The van der Waals surface area contributed by atoms with Crippen LogP contribution in [0.15, 0.2) is 42.5 Å². The lowest BCUT2D eigenvalue weighted by atomic mass is 9.80. The summed E-state index contributed by atoms with van der Waals surface area (Å²) >= 11 is 0. The van der Waals surface area contributed by atoms with Crippen molar-refractivity contribution in [1.82, 2.24) is 0 Å². The van der Waals surface area contributed by atoms with Crippen molar-refractivity contribution in [2.24, 2.45) is 5.92 Å². The van der Waals surface area contributed by atoms with Crippen LogP contribution in [0, 0.1) is 5.92 Å². The second kappa shape index (κ2) is 9.73. The van der Waals surface area contributed by atoms with Crippen LogP contribution < -0.4 is 4.74 Å². The van der Waals surface area contributed by atoms with Gasteiger partial charge < -0.3 is 4.74 Å². The van der Waals surface area contributed by atoms with Crippen molar-refractivity contribution in [2.45, 2.75) is 71.6 Å². The van der Waals surface area contributed by atoms with Crippen LogP contribution in [0.25, 0.3) is 11.1 Å². The number of aryl methyl sites for hydroxylation is 1. The Bertz CT molecular complexity index is 745. The summed E-state index contributed by atoms with van der Waals surface area (Å²) in [4.78, 5) is 11.0. The molecule has 27 heavy (non-hydrogen) atoms. The quantitative estimate of drug-likeness (QED) is 0.294. The lowest BCUT2D eigenvalue weighted by Gasteiger charge is -2.25. The standard InChI is InChI=1S/C25H32O2/c1-3-4-5-6-7-8-20-9-10-24-18-23(12-11-22(24)17-20)21-13-15-25(16-14-21)27-19(2)26/h11-16,18,20H,3-10,17H2,1-2H3. The van der Waals surface area contributed by atoms with Crippen molar-refractivity contribution in [1.29, 1.82) is 0 Å². The molecule has 144 valence electrons. The molecule has 2 heteroatoms. The van der Waals surface area contributed by atoms with E-state index in [-0.39, 0.29) is 5.97 Å². The molecule has 0 aromatic heterocycles. The first-order chi connectivity index (χ1) is 13.2. The van der Waals surface area contributed by atoms with Crippen molar-refractivity contribution in [2.75, 3.05) is 0 Å². The summed E-state index contributed by atoms with van der Waals surface area (Å²) in [5.74, 6) is 1.19. The maximum absolute atomic E-state index is 11.0. The van der Waals surface area contributed by atoms with E-state index in [1.165, 1.54) is 81.4 Å². The normalized spacial score (nSPS) is 16.0. The molecular formula is C25H32O2. The minimum atomic E-state index is -0.281. The first-order valence-corrected chi connectivity index (χ1v) is 10.6. The Labute approximate surface area is 164 Å². The van der Waals surface area contributed by atoms with Gasteiger partial charge in [0.25, 0.3) is 0 Å². The third-order valence-electron chi connectivity index (χ3n) is 5.70. The van der Waals surface area contributed by atoms with Gasteiger partial charge in [0.05, 0.1) is 0 Å².